The number of benzene rings is 2. The third-order valence-electron chi connectivity index (χ3n) is 4.87. The molecule has 2 heterocycles. The first-order valence-electron chi connectivity index (χ1n) is 9.41. The standard InChI is InChI=1S/C22H21N3O3S/c1-29-22-23-14-19(25(22)17-10-3-2-4-11-17)21(27)28-15-20(26)24-13-7-9-16-8-5-6-12-18(16)24/h2-6,8,10-12,14H,7,9,13,15H2,1H3. The molecule has 0 saturated heterocycles. The van der Waals surface area contributed by atoms with Gasteiger partial charge in [0.1, 0.15) is 0 Å². The van der Waals surface area contributed by atoms with Crippen LogP contribution < -0.4 is 4.90 Å². The molecule has 0 N–H and O–H groups in total. The van der Waals surface area contributed by atoms with Gasteiger partial charge in [0.05, 0.1) is 6.20 Å². The van der Waals surface area contributed by atoms with Crippen LogP contribution in [0.25, 0.3) is 5.69 Å². The highest BCUT2D eigenvalue weighted by Gasteiger charge is 2.25. The number of amides is 1. The Balaban J connectivity index is 1.50. The summed E-state index contributed by atoms with van der Waals surface area (Å²) in [5, 5.41) is 0.680. The zero-order valence-electron chi connectivity index (χ0n) is 16.1. The van der Waals surface area contributed by atoms with Crippen LogP contribution in [0.4, 0.5) is 5.69 Å². The molecule has 0 atom stereocenters. The molecule has 0 spiro atoms. The predicted octanol–water partition coefficient (Wildman–Crippen LogP) is 3.73. The van der Waals surface area contributed by atoms with Crippen molar-refractivity contribution in [2.24, 2.45) is 0 Å². The first-order chi connectivity index (χ1) is 14.2. The molecule has 29 heavy (non-hydrogen) atoms. The molecule has 0 fully saturated rings. The topological polar surface area (TPSA) is 64.4 Å². The number of rotatable bonds is 5. The number of fused-ring (bicyclic) bond motifs is 1. The van der Waals surface area contributed by atoms with Crippen molar-refractivity contribution < 1.29 is 14.3 Å². The summed E-state index contributed by atoms with van der Waals surface area (Å²) in [6.45, 7) is 0.327. The van der Waals surface area contributed by atoms with Gasteiger partial charge >= 0.3 is 5.97 Å². The van der Waals surface area contributed by atoms with Gasteiger partial charge in [0.2, 0.25) is 0 Å². The fourth-order valence-electron chi connectivity index (χ4n) is 3.52. The SMILES string of the molecule is CSc1ncc(C(=O)OCC(=O)N2CCCc3ccccc32)n1-c1ccccc1. The van der Waals surface area contributed by atoms with Crippen LogP contribution in [-0.2, 0) is 16.0 Å². The van der Waals surface area contributed by atoms with Crippen molar-refractivity contribution >= 4 is 29.3 Å². The molecule has 148 valence electrons. The van der Waals surface area contributed by atoms with Crippen molar-refractivity contribution in [3.8, 4) is 5.69 Å². The summed E-state index contributed by atoms with van der Waals surface area (Å²) in [6.07, 6.45) is 5.23. The minimum absolute atomic E-state index is 0.221. The van der Waals surface area contributed by atoms with Crippen molar-refractivity contribution in [1.82, 2.24) is 9.55 Å². The van der Waals surface area contributed by atoms with Gasteiger partial charge in [0.25, 0.3) is 5.91 Å². The van der Waals surface area contributed by atoms with Gasteiger partial charge < -0.3 is 9.64 Å². The van der Waals surface area contributed by atoms with Crippen LogP contribution in [0.15, 0.2) is 66.0 Å². The number of esters is 1. The van der Waals surface area contributed by atoms with Gasteiger partial charge in [0.15, 0.2) is 17.5 Å². The molecule has 6 nitrogen and oxygen atoms in total. The lowest BCUT2D eigenvalue weighted by Crippen LogP contribution is -2.38. The van der Waals surface area contributed by atoms with Gasteiger partial charge in [0, 0.05) is 17.9 Å². The summed E-state index contributed by atoms with van der Waals surface area (Å²) in [7, 11) is 0. The molecule has 1 amide bonds. The highest BCUT2D eigenvalue weighted by Crippen LogP contribution is 2.27. The molecule has 0 saturated carbocycles. The van der Waals surface area contributed by atoms with E-state index in [-0.39, 0.29) is 12.5 Å². The average Bonchev–Trinajstić information content (AvgIpc) is 3.21. The number of aryl methyl sites for hydroxylation is 1. The van der Waals surface area contributed by atoms with E-state index in [0.29, 0.717) is 17.4 Å². The normalized spacial score (nSPS) is 13.1. The molecule has 2 aromatic carbocycles. The summed E-state index contributed by atoms with van der Waals surface area (Å²) < 4.78 is 7.12. The van der Waals surface area contributed by atoms with E-state index >= 15 is 0 Å². The molecule has 4 rings (SSSR count). The second kappa shape index (κ2) is 8.53. The number of thioether (sulfide) groups is 1. The number of hydrogen-bond donors (Lipinski definition) is 0. The minimum Gasteiger partial charge on any atom is -0.451 e. The zero-order valence-corrected chi connectivity index (χ0v) is 16.9. The fraction of sp³-hybridized carbons (Fsp3) is 0.227. The van der Waals surface area contributed by atoms with E-state index in [2.05, 4.69) is 4.98 Å². The van der Waals surface area contributed by atoms with Crippen molar-refractivity contribution in [2.45, 2.75) is 18.0 Å². The van der Waals surface area contributed by atoms with Gasteiger partial charge in [-0.05, 0) is 42.9 Å². The highest BCUT2D eigenvalue weighted by atomic mass is 32.2. The number of imidazole rings is 1. The minimum atomic E-state index is -0.569. The van der Waals surface area contributed by atoms with E-state index in [0.717, 1.165) is 29.8 Å². The number of carbonyl (C=O) groups is 2. The lowest BCUT2D eigenvalue weighted by molar-refractivity contribution is -0.121. The molecule has 0 aliphatic carbocycles. The zero-order chi connectivity index (χ0) is 20.2. The Labute approximate surface area is 173 Å². The number of anilines is 1. The van der Waals surface area contributed by atoms with E-state index in [1.165, 1.54) is 18.0 Å². The van der Waals surface area contributed by atoms with Crippen LogP contribution in [0.3, 0.4) is 0 Å². The molecule has 7 heteroatoms. The van der Waals surface area contributed by atoms with Gasteiger partial charge in [-0.2, -0.15) is 0 Å². The van der Waals surface area contributed by atoms with Crippen molar-refractivity contribution in [2.75, 3.05) is 24.3 Å². The molecule has 1 aliphatic heterocycles. The summed E-state index contributed by atoms with van der Waals surface area (Å²) in [5.41, 5.74) is 3.16. The predicted molar refractivity (Wildman–Crippen MR) is 113 cm³/mol. The number of ether oxygens (including phenoxy) is 1. The average molecular weight is 407 g/mol. The molecule has 0 unspecified atom stereocenters. The fourth-order valence-corrected chi connectivity index (χ4v) is 4.07. The molecule has 3 aromatic rings. The third-order valence-corrected chi connectivity index (χ3v) is 5.53. The molecule has 0 bridgehead atoms. The smallest absolute Gasteiger partial charge is 0.357 e. The van der Waals surface area contributed by atoms with Crippen molar-refractivity contribution in [3.05, 3.63) is 72.1 Å². The molecular formula is C22H21N3O3S. The van der Waals surface area contributed by atoms with Crippen LogP contribution in [0.5, 0.6) is 0 Å². The maximum absolute atomic E-state index is 12.7. The number of aromatic nitrogens is 2. The van der Waals surface area contributed by atoms with Gasteiger partial charge in [-0.15, -0.1) is 0 Å². The van der Waals surface area contributed by atoms with Gasteiger partial charge in [-0.3, -0.25) is 9.36 Å². The lowest BCUT2D eigenvalue weighted by atomic mass is 10.0. The Morgan fingerprint density at radius 1 is 1.10 bits per heavy atom. The molecule has 0 radical (unpaired) electrons. The summed E-state index contributed by atoms with van der Waals surface area (Å²) in [5.74, 6) is -0.790. The number of para-hydroxylation sites is 2. The van der Waals surface area contributed by atoms with E-state index in [4.69, 9.17) is 4.74 Å². The summed E-state index contributed by atoms with van der Waals surface area (Å²) in [6, 6.07) is 17.3. The Bertz CT molecular complexity index is 1030. The van der Waals surface area contributed by atoms with Crippen LogP contribution in [0.1, 0.15) is 22.5 Å². The first kappa shape index (κ1) is 19.3. The van der Waals surface area contributed by atoms with Gasteiger partial charge in [-0.25, -0.2) is 9.78 Å². The van der Waals surface area contributed by atoms with E-state index < -0.39 is 5.97 Å². The second-order valence-electron chi connectivity index (χ2n) is 6.65. The first-order valence-corrected chi connectivity index (χ1v) is 10.6. The monoisotopic (exact) mass is 407 g/mol. The van der Waals surface area contributed by atoms with E-state index in [9.17, 15) is 9.59 Å². The Hall–Kier alpha value is -3.06. The maximum Gasteiger partial charge on any atom is 0.357 e. The van der Waals surface area contributed by atoms with Gasteiger partial charge in [-0.1, -0.05) is 48.2 Å². The van der Waals surface area contributed by atoms with E-state index in [1.807, 2.05) is 60.9 Å². The largest absolute Gasteiger partial charge is 0.451 e. The number of hydrogen-bond acceptors (Lipinski definition) is 5. The van der Waals surface area contributed by atoms with E-state index in [1.54, 1.807) is 9.47 Å². The summed E-state index contributed by atoms with van der Waals surface area (Å²) in [4.78, 5) is 31.5. The number of carbonyl (C=O) groups excluding carboxylic acids is 2. The second-order valence-corrected chi connectivity index (χ2v) is 7.43. The van der Waals surface area contributed by atoms with Crippen LogP contribution in [-0.4, -0.2) is 40.8 Å². The lowest BCUT2D eigenvalue weighted by Gasteiger charge is -2.29. The Kier molecular flexibility index (Phi) is 5.67. The molecule has 1 aliphatic rings. The molecular weight excluding hydrogens is 386 g/mol. The summed E-state index contributed by atoms with van der Waals surface area (Å²) >= 11 is 1.44. The van der Waals surface area contributed by atoms with Crippen LogP contribution in [0, 0.1) is 0 Å². The highest BCUT2D eigenvalue weighted by molar-refractivity contribution is 7.98. The quantitative estimate of drug-likeness (QED) is 0.476. The maximum atomic E-state index is 12.7. The van der Waals surface area contributed by atoms with Crippen molar-refractivity contribution in [3.63, 3.8) is 0 Å². The van der Waals surface area contributed by atoms with Crippen molar-refractivity contribution in [1.29, 1.82) is 0 Å². The van der Waals surface area contributed by atoms with Crippen LogP contribution in [0.2, 0.25) is 0 Å². The molecule has 1 aromatic heterocycles. The number of nitrogens with zero attached hydrogens (tertiary/aromatic N) is 3. The Morgan fingerprint density at radius 3 is 2.66 bits per heavy atom. The Morgan fingerprint density at radius 2 is 1.86 bits per heavy atom. The third kappa shape index (κ3) is 3.91. The van der Waals surface area contributed by atoms with Crippen LogP contribution >= 0.6 is 11.8 Å².